The van der Waals surface area contributed by atoms with Crippen LogP contribution in [0.15, 0.2) is 47.4 Å². The first-order chi connectivity index (χ1) is 12.2. The van der Waals surface area contributed by atoms with E-state index in [-0.39, 0.29) is 28.6 Å². The second kappa shape index (κ2) is 7.83. The minimum absolute atomic E-state index is 0.143. The molecule has 0 spiro atoms. The van der Waals surface area contributed by atoms with Gasteiger partial charge in [0.1, 0.15) is 11.5 Å². The van der Waals surface area contributed by atoms with Gasteiger partial charge >= 0.3 is 0 Å². The zero-order valence-electron chi connectivity index (χ0n) is 14.0. The zero-order chi connectivity index (χ0) is 19.3. The van der Waals surface area contributed by atoms with Gasteiger partial charge in [-0.15, -0.1) is 0 Å². The van der Waals surface area contributed by atoms with Crippen LogP contribution in [-0.2, 0) is 14.6 Å². The fourth-order valence-corrected chi connectivity index (χ4v) is 2.65. The summed E-state index contributed by atoms with van der Waals surface area (Å²) < 4.78 is 33.1. The van der Waals surface area contributed by atoms with Crippen LogP contribution in [0.4, 0.5) is 11.4 Å². The van der Waals surface area contributed by atoms with Crippen LogP contribution in [0, 0.1) is 10.1 Å². The van der Waals surface area contributed by atoms with Gasteiger partial charge in [-0.1, -0.05) is 0 Å². The first-order valence-corrected chi connectivity index (χ1v) is 9.15. The number of hydrogen-bond acceptors (Lipinski definition) is 7. The number of nitrogens with one attached hydrogen (secondary N) is 1. The van der Waals surface area contributed by atoms with Gasteiger partial charge in [-0.05, 0) is 30.3 Å². The molecular formula is C16H16N2O7S. The van der Waals surface area contributed by atoms with Gasteiger partial charge in [0.05, 0.1) is 28.7 Å². The number of nitro groups is 1. The van der Waals surface area contributed by atoms with E-state index in [0.717, 1.165) is 6.26 Å². The maximum Gasteiger partial charge on any atom is 0.273 e. The molecule has 0 saturated carbocycles. The molecule has 0 aromatic heterocycles. The smallest absolute Gasteiger partial charge is 0.273 e. The molecule has 138 valence electrons. The highest BCUT2D eigenvalue weighted by atomic mass is 32.2. The number of carbonyl (C=O) groups excluding carboxylic acids is 1. The number of sulfone groups is 1. The third-order valence-electron chi connectivity index (χ3n) is 3.29. The molecule has 0 unspecified atom stereocenters. The summed E-state index contributed by atoms with van der Waals surface area (Å²) in [6.45, 7) is -0.335. The minimum atomic E-state index is -3.31. The molecule has 0 aliphatic rings. The van der Waals surface area contributed by atoms with Crippen molar-refractivity contribution >= 4 is 27.1 Å². The highest BCUT2D eigenvalue weighted by Crippen LogP contribution is 2.29. The molecule has 0 bridgehead atoms. The van der Waals surface area contributed by atoms with Crippen molar-refractivity contribution in [1.29, 1.82) is 0 Å². The van der Waals surface area contributed by atoms with E-state index in [9.17, 15) is 23.3 Å². The maximum absolute atomic E-state index is 12.0. The largest absolute Gasteiger partial charge is 0.494 e. The molecule has 26 heavy (non-hydrogen) atoms. The van der Waals surface area contributed by atoms with Gasteiger partial charge in [0.15, 0.2) is 16.4 Å². The maximum atomic E-state index is 12.0. The first kappa shape index (κ1) is 19.2. The Morgan fingerprint density at radius 3 is 2.38 bits per heavy atom. The van der Waals surface area contributed by atoms with Crippen LogP contribution < -0.4 is 14.8 Å². The molecule has 2 rings (SSSR count). The predicted octanol–water partition coefficient (Wildman–Crippen LogP) is 2.02. The second-order valence-corrected chi connectivity index (χ2v) is 7.24. The highest BCUT2D eigenvalue weighted by molar-refractivity contribution is 7.90. The lowest BCUT2D eigenvalue weighted by Crippen LogP contribution is -2.20. The Morgan fingerprint density at radius 2 is 1.85 bits per heavy atom. The van der Waals surface area contributed by atoms with Crippen molar-refractivity contribution in [3.05, 3.63) is 52.6 Å². The van der Waals surface area contributed by atoms with Crippen LogP contribution in [-0.4, -0.2) is 39.2 Å². The summed E-state index contributed by atoms with van der Waals surface area (Å²) in [6, 6.07) is 9.43. The van der Waals surface area contributed by atoms with E-state index in [0.29, 0.717) is 5.75 Å². The number of nitrogens with zero attached hydrogens (tertiary/aromatic N) is 1. The standard InChI is InChI=1S/C16H16N2O7S/c1-24-15-9-11(18(20)21)3-8-14(15)17-16(19)10-25-12-4-6-13(7-5-12)26(2,22)23/h3-9H,10H2,1-2H3,(H,17,19). The van der Waals surface area contributed by atoms with Crippen molar-refractivity contribution in [2.24, 2.45) is 0 Å². The number of amides is 1. The fraction of sp³-hybridized carbons (Fsp3) is 0.188. The molecule has 0 radical (unpaired) electrons. The monoisotopic (exact) mass is 380 g/mol. The van der Waals surface area contributed by atoms with Crippen molar-refractivity contribution < 1.29 is 27.6 Å². The predicted molar refractivity (Wildman–Crippen MR) is 93.3 cm³/mol. The Bertz CT molecular complexity index is 924. The molecule has 1 amide bonds. The number of benzene rings is 2. The van der Waals surface area contributed by atoms with E-state index < -0.39 is 20.7 Å². The van der Waals surface area contributed by atoms with Crippen LogP contribution in [0.2, 0.25) is 0 Å². The highest BCUT2D eigenvalue weighted by Gasteiger charge is 2.14. The number of non-ortho nitro benzene ring substituents is 1. The molecule has 2 aromatic carbocycles. The number of ether oxygens (including phenoxy) is 2. The number of methoxy groups -OCH3 is 1. The van der Waals surface area contributed by atoms with E-state index in [4.69, 9.17) is 9.47 Å². The molecule has 1 N–H and O–H groups in total. The van der Waals surface area contributed by atoms with Crippen molar-refractivity contribution in [2.75, 3.05) is 25.3 Å². The van der Waals surface area contributed by atoms with Crippen molar-refractivity contribution in [3.8, 4) is 11.5 Å². The molecule has 0 aliphatic heterocycles. The average molecular weight is 380 g/mol. The van der Waals surface area contributed by atoms with E-state index >= 15 is 0 Å². The fourth-order valence-electron chi connectivity index (χ4n) is 2.01. The summed E-state index contributed by atoms with van der Waals surface area (Å²) in [5.74, 6) is -0.0439. The van der Waals surface area contributed by atoms with Crippen LogP contribution in [0.3, 0.4) is 0 Å². The van der Waals surface area contributed by atoms with Crippen LogP contribution >= 0.6 is 0 Å². The molecule has 0 fully saturated rings. The number of nitro benzene ring substituents is 1. The Morgan fingerprint density at radius 1 is 1.19 bits per heavy atom. The summed E-state index contributed by atoms with van der Waals surface area (Å²) >= 11 is 0. The normalized spacial score (nSPS) is 10.8. The molecular weight excluding hydrogens is 364 g/mol. The summed E-state index contributed by atoms with van der Waals surface area (Å²) in [7, 11) is -1.98. The third kappa shape index (κ3) is 4.93. The van der Waals surface area contributed by atoms with Crippen LogP contribution in [0.25, 0.3) is 0 Å². The SMILES string of the molecule is COc1cc([N+](=O)[O-])ccc1NC(=O)COc1ccc(S(C)(=O)=O)cc1. The molecule has 0 saturated heterocycles. The van der Waals surface area contributed by atoms with Gasteiger partial charge in [-0.25, -0.2) is 8.42 Å². The first-order valence-electron chi connectivity index (χ1n) is 7.26. The minimum Gasteiger partial charge on any atom is -0.494 e. The number of anilines is 1. The third-order valence-corrected chi connectivity index (χ3v) is 4.42. The Labute approximate surface area is 149 Å². The molecule has 0 atom stereocenters. The quantitative estimate of drug-likeness (QED) is 0.575. The Kier molecular flexibility index (Phi) is 5.78. The van der Waals surface area contributed by atoms with Gasteiger partial charge in [0, 0.05) is 12.3 Å². The molecule has 9 nitrogen and oxygen atoms in total. The van der Waals surface area contributed by atoms with E-state index in [1.807, 2.05) is 0 Å². The lowest BCUT2D eigenvalue weighted by Gasteiger charge is -2.11. The lowest BCUT2D eigenvalue weighted by molar-refractivity contribution is -0.384. The molecule has 10 heteroatoms. The number of carbonyl (C=O) groups is 1. The van der Waals surface area contributed by atoms with E-state index in [1.165, 1.54) is 49.6 Å². The van der Waals surface area contributed by atoms with Gasteiger partial charge in [0.25, 0.3) is 11.6 Å². The van der Waals surface area contributed by atoms with E-state index in [1.54, 1.807) is 0 Å². The molecule has 0 aliphatic carbocycles. The summed E-state index contributed by atoms with van der Waals surface area (Å²) in [6.07, 6.45) is 1.09. The van der Waals surface area contributed by atoms with Crippen molar-refractivity contribution in [1.82, 2.24) is 0 Å². The second-order valence-electron chi connectivity index (χ2n) is 5.22. The van der Waals surface area contributed by atoms with Crippen LogP contribution in [0.5, 0.6) is 11.5 Å². The van der Waals surface area contributed by atoms with Gasteiger partial charge in [0.2, 0.25) is 0 Å². The molecule has 0 heterocycles. The van der Waals surface area contributed by atoms with E-state index in [2.05, 4.69) is 5.32 Å². The molecule has 2 aromatic rings. The summed E-state index contributed by atoms with van der Waals surface area (Å²) in [5.41, 5.74) is 0.0983. The van der Waals surface area contributed by atoms with Gasteiger partial charge in [-0.2, -0.15) is 0 Å². The summed E-state index contributed by atoms with van der Waals surface area (Å²) in [4.78, 5) is 22.3. The van der Waals surface area contributed by atoms with Gasteiger partial charge in [-0.3, -0.25) is 14.9 Å². The van der Waals surface area contributed by atoms with Crippen molar-refractivity contribution in [3.63, 3.8) is 0 Å². The number of rotatable bonds is 7. The van der Waals surface area contributed by atoms with Gasteiger partial charge < -0.3 is 14.8 Å². The summed E-state index contributed by atoms with van der Waals surface area (Å²) in [5, 5.41) is 13.3. The van der Waals surface area contributed by atoms with Crippen molar-refractivity contribution in [2.45, 2.75) is 4.90 Å². The number of hydrogen-bond donors (Lipinski definition) is 1. The lowest BCUT2D eigenvalue weighted by atomic mass is 10.2. The topological polar surface area (TPSA) is 125 Å². The average Bonchev–Trinajstić information content (AvgIpc) is 2.59. The Balaban J connectivity index is 2.00. The van der Waals surface area contributed by atoms with Crippen LogP contribution in [0.1, 0.15) is 0 Å². The zero-order valence-corrected chi connectivity index (χ0v) is 14.8. The Hall–Kier alpha value is -3.14.